The summed E-state index contributed by atoms with van der Waals surface area (Å²) in [5.74, 6) is 0.0954. The van der Waals surface area contributed by atoms with Crippen LogP contribution in [0.5, 0.6) is 0 Å². The fourth-order valence-electron chi connectivity index (χ4n) is 1.66. The van der Waals surface area contributed by atoms with Crippen LogP contribution in [0.3, 0.4) is 0 Å². The van der Waals surface area contributed by atoms with Gasteiger partial charge in [0, 0.05) is 26.4 Å². The summed E-state index contributed by atoms with van der Waals surface area (Å²) >= 11 is 0. The lowest BCUT2D eigenvalue weighted by Gasteiger charge is -2.24. The molecule has 0 unspecified atom stereocenters. The Morgan fingerprint density at radius 1 is 1.47 bits per heavy atom. The van der Waals surface area contributed by atoms with Crippen molar-refractivity contribution in [2.24, 2.45) is 0 Å². The van der Waals surface area contributed by atoms with Gasteiger partial charge in [-0.2, -0.15) is 0 Å². The Morgan fingerprint density at radius 3 is 2.89 bits per heavy atom. The zero-order valence-corrected chi connectivity index (χ0v) is 11.3. The maximum Gasteiger partial charge on any atom is 0.341 e. The number of rotatable bonds is 8. The van der Waals surface area contributed by atoms with Crippen LogP contribution >= 0.6 is 0 Å². The van der Waals surface area contributed by atoms with Crippen LogP contribution in [0, 0.1) is 0 Å². The van der Waals surface area contributed by atoms with E-state index < -0.39 is 5.97 Å². The molecule has 1 N–H and O–H groups in total. The monoisotopic (exact) mass is 268 g/mol. The number of hydrogen-bond acceptors (Lipinski definition) is 6. The molecule has 1 aromatic rings. The molecule has 106 valence electrons. The Bertz CT molecular complexity index is 398. The number of methoxy groups -OCH3 is 1. The van der Waals surface area contributed by atoms with Crippen LogP contribution in [0.25, 0.3) is 0 Å². The lowest BCUT2D eigenvalue weighted by molar-refractivity contribution is 0.0526. The summed E-state index contributed by atoms with van der Waals surface area (Å²) in [6.07, 6.45) is 1.61. The van der Waals surface area contributed by atoms with Gasteiger partial charge in [-0.3, -0.25) is 0 Å². The highest BCUT2D eigenvalue weighted by atomic mass is 16.5. The minimum absolute atomic E-state index is 0.0252. The normalized spacial score (nSPS) is 10.3. The molecule has 6 heteroatoms. The summed E-state index contributed by atoms with van der Waals surface area (Å²) in [5, 5.41) is 9.10. The smallest absolute Gasteiger partial charge is 0.341 e. The first-order valence-corrected chi connectivity index (χ1v) is 6.21. The predicted octanol–water partition coefficient (Wildman–Crippen LogP) is 0.703. The van der Waals surface area contributed by atoms with E-state index in [1.165, 1.54) is 0 Å². The molecule has 0 radical (unpaired) electrons. The van der Waals surface area contributed by atoms with Crippen molar-refractivity contribution >= 4 is 11.8 Å². The molecular formula is C13H20N2O4. The van der Waals surface area contributed by atoms with E-state index in [1.807, 2.05) is 0 Å². The van der Waals surface area contributed by atoms with E-state index >= 15 is 0 Å². The summed E-state index contributed by atoms with van der Waals surface area (Å²) in [5.41, 5.74) is 0.397. The van der Waals surface area contributed by atoms with Crippen molar-refractivity contribution in [3.8, 4) is 0 Å². The van der Waals surface area contributed by atoms with Gasteiger partial charge in [-0.1, -0.05) is 0 Å². The standard InChI is InChI=1S/C13H20N2O4/c1-3-19-13(17)11-5-4-6-14-12(11)15(7-9-16)8-10-18-2/h4-6,16H,3,7-10H2,1-2H3. The third kappa shape index (κ3) is 4.50. The van der Waals surface area contributed by atoms with Crippen LogP contribution in [0.2, 0.25) is 0 Å². The number of pyridine rings is 1. The van der Waals surface area contributed by atoms with Crippen molar-refractivity contribution in [2.75, 3.05) is 44.9 Å². The number of carbonyl (C=O) groups is 1. The highest BCUT2D eigenvalue weighted by Crippen LogP contribution is 2.17. The van der Waals surface area contributed by atoms with Crippen molar-refractivity contribution in [3.05, 3.63) is 23.9 Å². The number of anilines is 1. The first-order valence-electron chi connectivity index (χ1n) is 6.21. The molecule has 0 saturated heterocycles. The largest absolute Gasteiger partial charge is 0.462 e. The second-order valence-corrected chi connectivity index (χ2v) is 3.80. The maximum atomic E-state index is 11.9. The van der Waals surface area contributed by atoms with Gasteiger partial charge in [-0.15, -0.1) is 0 Å². The third-order valence-electron chi connectivity index (χ3n) is 2.52. The topological polar surface area (TPSA) is 71.9 Å². The van der Waals surface area contributed by atoms with Crippen LogP contribution in [0.4, 0.5) is 5.82 Å². The molecular weight excluding hydrogens is 248 g/mol. The highest BCUT2D eigenvalue weighted by molar-refractivity contribution is 5.94. The second kappa shape index (κ2) is 8.44. The van der Waals surface area contributed by atoms with Crippen LogP contribution in [0.1, 0.15) is 17.3 Å². The minimum atomic E-state index is -0.411. The summed E-state index contributed by atoms with van der Waals surface area (Å²) in [7, 11) is 1.60. The molecule has 1 aromatic heterocycles. The van der Waals surface area contributed by atoms with Crippen LogP contribution in [-0.2, 0) is 9.47 Å². The Hall–Kier alpha value is -1.66. The third-order valence-corrected chi connectivity index (χ3v) is 2.52. The van der Waals surface area contributed by atoms with E-state index in [2.05, 4.69) is 4.98 Å². The highest BCUT2D eigenvalue weighted by Gasteiger charge is 2.18. The van der Waals surface area contributed by atoms with Gasteiger partial charge in [0.25, 0.3) is 0 Å². The van der Waals surface area contributed by atoms with E-state index in [0.29, 0.717) is 37.7 Å². The summed E-state index contributed by atoms with van der Waals surface area (Å²) < 4.78 is 10.0. The fourth-order valence-corrected chi connectivity index (χ4v) is 1.66. The number of nitrogens with zero attached hydrogens (tertiary/aromatic N) is 2. The average Bonchev–Trinajstić information content (AvgIpc) is 2.44. The molecule has 0 fully saturated rings. The Labute approximate surface area is 113 Å². The Balaban J connectivity index is 2.97. The lowest BCUT2D eigenvalue weighted by Crippen LogP contribution is -2.32. The zero-order valence-electron chi connectivity index (χ0n) is 11.3. The van der Waals surface area contributed by atoms with Gasteiger partial charge in [0.15, 0.2) is 0 Å². The molecule has 0 aliphatic carbocycles. The number of carbonyl (C=O) groups excluding carboxylic acids is 1. The van der Waals surface area contributed by atoms with Crippen LogP contribution < -0.4 is 4.90 Å². The van der Waals surface area contributed by atoms with E-state index in [1.54, 1.807) is 37.3 Å². The van der Waals surface area contributed by atoms with E-state index in [4.69, 9.17) is 14.6 Å². The van der Waals surface area contributed by atoms with Gasteiger partial charge in [0.05, 0.1) is 19.8 Å². The quantitative estimate of drug-likeness (QED) is 0.700. The molecule has 6 nitrogen and oxygen atoms in total. The number of aliphatic hydroxyl groups is 1. The molecule has 0 aliphatic heterocycles. The molecule has 0 saturated carbocycles. The minimum Gasteiger partial charge on any atom is -0.462 e. The van der Waals surface area contributed by atoms with Gasteiger partial charge in [-0.05, 0) is 19.1 Å². The Morgan fingerprint density at radius 2 is 2.26 bits per heavy atom. The number of aliphatic hydroxyl groups excluding tert-OH is 1. The van der Waals surface area contributed by atoms with Gasteiger partial charge < -0.3 is 19.5 Å². The molecule has 1 heterocycles. The van der Waals surface area contributed by atoms with E-state index in [9.17, 15) is 4.79 Å². The van der Waals surface area contributed by atoms with Crippen molar-refractivity contribution in [1.29, 1.82) is 0 Å². The molecule has 0 aliphatic rings. The maximum absolute atomic E-state index is 11.9. The Kier molecular flexibility index (Phi) is 6.84. The van der Waals surface area contributed by atoms with E-state index in [-0.39, 0.29) is 6.61 Å². The van der Waals surface area contributed by atoms with Crippen molar-refractivity contribution in [3.63, 3.8) is 0 Å². The van der Waals surface area contributed by atoms with Gasteiger partial charge in [-0.25, -0.2) is 9.78 Å². The molecule has 1 rings (SSSR count). The molecule has 0 atom stereocenters. The van der Waals surface area contributed by atoms with Crippen LogP contribution in [-0.4, -0.2) is 56.1 Å². The average molecular weight is 268 g/mol. The van der Waals surface area contributed by atoms with Gasteiger partial charge >= 0.3 is 5.97 Å². The van der Waals surface area contributed by atoms with Crippen molar-refractivity contribution in [1.82, 2.24) is 4.98 Å². The number of esters is 1. The van der Waals surface area contributed by atoms with Gasteiger partial charge in [0.2, 0.25) is 0 Å². The molecule has 0 bridgehead atoms. The molecule has 19 heavy (non-hydrogen) atoms. The number of ether oxygens (including phenoxy) is 2. The first-order chi connectivity index (χ1) is 9.24. The number of aromatic nitrogens is 1. The second-order valence-electron chi connectivity index (χ2n) is 3.80. The summed E-state index contributed by atoms with van der Waals surface area (Å²) in [6.45, 7) is 3.45. The molecule has 0 aromatic carbocycles. The molecule has 0 amide bonds. The SMILES string of the molecule is CCOC(=O)c1cccnc1N(CCO)CCOC. The zero-order chi connectivity index (χ0) is 14.1. The van der Waals surface area contributed by atoms with Gasteiger partial charge in [0.1, 0.15) is 11.4 Å². The number of hydrogen-bond donors (Lipinski definition) is 1. The predicted molar refractivity (Wildman–Crippen MR) is 71.4 cm³/mol. The van der Waals surface area contributed by atoms with Crippen LogP contribution in [0.15, 0.2) is 18.3 Å². The first kappa shape index (κ1) is 15.4. The summed E-state index contributed by atoms with van der Waals surface area (Å²) in [4.78, 5) is 17.9. The van der Waals surface area contributed by atoms with Crippen molar-refractivity contribution < 1.29 is 19.4 Å². The lowest BCUT2D eigenvalue weighted by atomic mass is 10.2. The van der Waals surface area contributed by atoms with E-state index in [0.717, 1.165) is 0 Å². The van der Waals surface area contributed by atoms with Crippen molar-refractivity contribution in [2.45, 2.75) is 6.92 Å². The fraction of sp³-hybridized carbons (Fsp3) is 0.538. The summed E-state index contributed by atoms with van der Waals surface area (Å²) in [6, 6.07) is 3.35. The molecule has 0 spiro atoms.